The maximum atomic E-state index is 12.5. The van der Waals surface area contributed by atoms with Gasteiger partial charge >= 0.3 is 6.18 Å². The molecule has 4 nitrogen and oxygen atoms in total. The summed E-state index contributed by atoms with van der Waals surface area (Å²) in [5.41, 5.74) is 0.112. The lowest BCUT2D eigenvalue weighted by molar-refractivity contribution is -0.137. The van der Waals surface area contributed by atoms with Crippen LogP contribution in [0.4, 0.5) is 13.2 Å². The molecule has 1 aromatic carbocycles. The molecule has 0 spiro atoms. The summed E-state index contributed by atoms with van der Waals surface area (Å²) in [5, 5.41) is 6.21. The van der Waals surface area contributed by atoms with E-state index < -0.39 is 11.7 Å². The average molecular weight is 473 g/mol. The predicted octanol–water partition coefficient (Wildman–Crippen LogP) is 4.05. The standard InChI is InChI=1S/C17H26F3N3O.HI/c1-13(2)12-24-10-4-9-22-16(21-3)23-11-14-5-7-15(8-6-14)17(18,19)20;/h5-8,13H,4,9-12H2,1-3H3,(H2,21,22,23);1H. The summed E-state index contributed by atoms with van der Waals surface area (Å²) < 4.78 is 43.0. The number of alkyl halides is 3. The Morgan fingerprint density at radius 1 is 1.16 bits per heavy atom. The number of hydrogen-bond donors (Lipinski definition) is 2. The molecule has 144 valence electrons. The predicted molar refractivity (Wildman–Crippen MR) is 105 cm³/mol. The van der Waals surface area contributed by atoms with E-state index >= 15 is 0 Å². The second-order valence-electron chi connectivity index (χ2n) is 5.87. The molecule has 0 fully saturated rings. The third-order valence-electron chi connectivity index (χ3n) is 3.17. The van der Waals surface area contributed by atoms with Crippen LogP contribution in [0, 0.1) is 5.92 Å². The van der Waals surface area contributed by atoms with Gasteiger partial charge in [-0.2, -0.15) is 13.2 Å². The van der Waals surface area contributed by atoms with Gasteiger partial charge in [0.2, 0.25) is 0 Å². The highest BCUT2D eigenvalue weighted by molar-refractivity contribution is 14.0. The van der Waals surface area contributed by atoms with E-state index in [1.807, 2.05) is 0 Å². The molecule has 0 amide bonds. The van der Waals surface area contributed by atoms with Gasteiger partial charge in [-0.15, -0.1) is 24.0 Å². The van der Waals surface area contributed by atoms with Crippen molar-refractivity contribution in [2.24, 2.45) is 10.9 Å². The Balaban J connectivity index is 0.00000576. The number of nitrogens with zero attached hydrogens (tertiary/aromatic N) is 1. The molecular weight excluding hydrogens is 446 g/mol. The molecule has 0 aliphatic rings. The van der Waals surface area contributed by atoms with E-state index in [0.717, 1.165) is 30.7 Å². The summed E-state index contributed by atoms with van der Waals surface area (Å²) >= 11 is 0. The fraction of sp³-hybridized carbons (Fsp3) is 0.588. The van der Waals surface area contributed by atoms with Crippen LogP contribution >= 0.6 is 24.0 Å². The van der Waals surface area contributed by atoms with Crippen molar-refractivity contribution in [1.82, 2.24) is 10.6 Å². The second kappa shape index (κ2) is 12.3. The zero-order valence-corrected chi connectivity index (χ0v) is 17.2. The summed E-state index contributed by atoms with van der Waals surface area (Å²) in [4.78, 5) is 4.08. The van der Waals surface area contributed by atoms with Crippen molar-refractivity contribution in [2.75, 3.05) is 26.8 Å². The van der Waals surface area contributed by atoms with E-state index in [4.69, 9.17) is 4.74 Å². The summed E-state index contributed by atoms with van der Waals surface area (Å²) in [5.74, 6) is 1.13. The minimum absolute atomic E-state index is 0. The zero-order valence-electron chi connectivity index (χ0n) is 14.8. The third kappa shape index (κ3) is 10.5. The monoisotopic (exact) mass is 473 g/mol. The van der Waals surface area contributed by atoms with Crippen LogP contribution in [0.1, 0.15) is 31.4 Å². The molecular formula is C17H27F3IN3O. The first-order valence-corrected chi connectivity index (χ1v) is 8.01. The number of rotatable bonds is 8. The molecule has 1 rings (SSSR count). The zero-order chi connectivity index (χ0) is 18.0. The van der Waals surface area contributed by atoms with Crippen LogP contribution in [-0.2, 0) is 17.5 Å². The molecule has 0 radical (unpaired) electrons. The first-order valence-electron chi connectivity index (χ1n) is 8.01. The molecule has 0 aliphatic carbocycles. The quantitative estimate of drug-likeness (QED) is 0.259. The van der Waals surface area contributed by atoms with E-state index in [9.17, 15) is 13.2 Å². The van der Waals surface area contributed by atoms with E-state index in [0.29, 0.717) is 31.6 Å². The number of ether oxygens (including phenoxy) is 1. The van der Waals surface area contributed by atoms with Crippen molar-refractivity contribution in [2.45, 2.75) is 33.0 Å². The Hall–Kier alpha value is -1.03. The van der Waals surface area contributed by atoms with E-state index in [-0.39, 0.29) is 24.0 Å². The van der Waals surface area contributed by atoms with Crippen LogP contribution in [0.5, 0.6) is 0 Å². The molecule has 0 bridgehead atoms. The Labute approximate surface area is 164 Å². The second-order valence-corrected chi connectivity index (χ2v) is 5.87. The number of hydrogen-bond acceptors (Lipinski definition) is 2. The van der Waals surface area contributed by atoms with Gasteiger partial charge in [0, 0.05) is 33.4 Å². The number of guanidine groups is 1. The first kappa shape index (κ1) is 24.0. The third-order valence-corrected chi connectivity index (χ3v) is 3.17. The van der Waals surface area contributed by atoms with E-state index in [1.165, 1.54) is 12.1 Å². The van der Waals surface area contributed by atoms with Crippen molar-refractivity contribution < 1.29 is 17.9 Å². The Bertz CT molecular complexity index is 505. The highest BCUT2D eigenvalue weighted by Crippen LogP contribution is 2.28. The van der Waals surface area contributed by atoms with Gasteiger partial charge < -0.3 is 15.4 Å². The Morgan fingerprint density at radius 3 is 2.32 bits per heavy atom. The van der Waals surface area contributed by atoms with Gasteiger partial charge in [0.1, 0.15) is 0 Å². The van der Waals surface area contributed by atoms with Gasteiger partial charge in [-0.3, -0.25) is 4.99 Å². The number of aliphatic imine (C=N–C) groups is 1. The van der Waals surface area contributed by atoms with Gasteiger partial charge in [0.05, 0.1) is 5.56 Å². The van der Waals surface area contributed by atoms with Crippen LogP contribution < -0.4 is 10.6 Å². The molecule has 25 heavy (non-hydrogen) atoms. The molecule has 2 N–H and O–H groups in total. The van der Waals surface area contributed by atoms with Crippen molar-refractivity contribution in [3.05, 3.63) is 35.4 Å². The average Bonchev–Trinajstić information content (AvgIpc) is 2.52. The normalized spacial score (nSPS) is 12.0. The molecule has 1 aromatic rings. The SMILES string of the molecule is CN=C(NCCCOCC(C)C)NCc1ccc(C(F)(F)F)cc1.I. The van der Waals surface area contributed by atoms with E-state index in [1.54, 1.807) is 7.05 Å². The van der Waals surface area contributed by atoms with Gasteiger partial charge in [0.15, 0.2) is 5.96 Å². The van der Waals surface area contributed by atoms with Crippen LogP contribution in [0.3, 0.4) is 0 Å². The fourth-order valence-corrected chi connectivity index (χ4v) is 1.92. The molecule has 0 saturated carbocycles. The van der Waals surface area contributed by atoms with E-state index in [2.05, 4.69) is 29.5 Å². The summed E-state index contributed by atoms with van der Waals surface area (Å²) in [7, 11) is 1.65. The van der Waals surface area contributed by atoms with Crippen molar-refractivity contribution >= 4 is 29.9 Å². The Morgan fingerprint density at radius 2 is 1.80 bits per heavy atom. The molecule has 0 heterocycles. The van der Waals surface area contributed by atoms with Crippen molar-refractivity contribution in [3.8, 4) is 0 Å². The highest BCUT2D eigenvalue weighted by atomic mass is 127. The maximum absolute atomic E-state index is 12.5. The largest absolute Gasteiger partial charge is 0.416 e. The molecule has 0 aromatic heterocycles. The van der Waals surface area contributed by atoms with Crippen LogP contribution in [0.15, 0.2) is 29.3 Å². The molecule has 8 heteroatoms. The lowest BCUT2D eigenvalue weighted by Crippen LogP contribution is -2.37. The topological polar surface area (TPSA) is 45.7 Å². The minimum Gasteiger partial charge on any atom is -0.381 e. The lowest BCUT2D eigenvalue weighted by atomic mass is 10.1. The van der Waals surface area contributed by atoms with Gasteiger partial charge in [0.25, 0.3) is 0 Å². The fourth-order valence-electron chi connectivity index (χ4n) is 1.92. The van der Waals surface area contributed by atoms with Crippen molar-refractivity contribution in [3.63, 3.8) is 0 Å². The summed E-state index contributed by atoms with van der Waals surface area (Å²) in [6, 6.07) is 5.09. The van der Waals surface area contributed by atoms with Gasteiger partial charge in [-0.25, -0.2) is 0 Å². The van der Waals surface area contributed by atoms with Crippen LogP contribution in [-0.4, -0.2) is 32.8 Å². The molecule has 0 aliphatic heterocycles. The maximum Gasteiger partial charge on any atom is 0.416 e. The highest BCUT2D eigenvalue weighted by Gasteiger charge is 2.29. The van der Waals surface area contributed by atoms with Crippen LogP contribution in [0.25, 0.3) is 0 Å². The summed E-state index contributed by atoms with van der Waals surface area (Å²) in [6.45, 7) is 6.75. The lowest BCUT2D eigenvalue weighted by Gasteiger charge is -2.13. The molecule has 0 saturated heterocycles. The molecule has 0 unspecified atom stereocenters. The summed E-state index contributed by atoms with van der Waals surface area (Å²) in [6.07, 6.45) is -3.45. The number of benzene rings is 1. The first-order chi connectivity index (χ1) is 11.3. The smallest absolute Gasteiger partial charge is 0.381 e. The number of halogens is 4. The van der Waals surface area contributed by atoms with Gasteiger partial charge in [-0.05, 0) is 30.0 Å². The van der Waals surface area contributed by atoms with Gasteiger partial charge in [-0.1, -0.05) is 26.0 Å². The molecule has 0 atom stereocenters. The number of nitrogens with one attached hydrogen (secondary N) is 2. The Kier molecular flexibility index (Phi) is 11.8. The minimum atomic E-state index is -4.30. The van der Waals surface area contributed by atoms with Crippen LogP contribution in [0.2, 0.25) is 0 Å². The van der Waals surface area contributed by atoms with Crippen molar-refractivity contribution in [1.29, 1.82) is 0 Å².